The third-order valence-corrected chi connectivity index (χ3v) is 6.20. The molecule has 0 saturated heterocycles. The number of ether oxygens (including phenoxy) is 2. The lowest BCUT2D eigenvalue weighted by Gasteiger charge is -2.37. The first kappa shape index (κ1) is 31.2. The monoisotopic (exact) mass is 532 g/mol. The number of nitrogens with zero attached hydrogens (tertiary/aromatic N) is 2. The van der Waals surface area contributed by atoms with Crippen molar-refractivity contribution in [3.8, 4) is 0 Å². The second-order valence-electron chi connectivity index (χ2n) is 12.0. The van der Waals surface area contributed by atoms with E-state index in [1.807, 2.05) is 41.5 Å². The van der Waals surface area contributed by atoms with Gasteiger partial charge in [-0.25, -0.2) is 9.59 Å². The summed E-state index contributed by atoms with van der Waals surface area (Å²) in [6.07, 6.45) is 5.85. The topological polar surface area (TPSA) is 114 Å². The van der Waals surface area contributed by atoms with Crippen molar-refractivity contribution >= 4 is 23.8 Å². The molecule has 1 aromatic carbocycles. The molecule has 214 valence electrons. The molecule has 9 heteroatoms. The molecule has 0 radical (unpaired) electrons. The lowest BCUT2D eigenvalue weighted by atomic mass is 9.94. The molecule has 0 spiro atoms. The average Bonchev–Trinajstić information content (AvgIpc) is 2.81. The molecule has 0 aliphatic heterocycles. The smallest absolute Gasteiger partial charge is 0.410 e. The van der Waals surface area contributed by atoms with Gasteiger partial charge < -0.3 is 30.3 Å². The quantitative estimate of drug-likeness (QED) is 0.300. The molecule has 1 aliphatic carbocycles. The average molecular weight is 533 g/mol. The Morgan fingerprint density at radius 2 is 1.53 bits per heavy atom. The largest absolute Gasteiger partial charge is 0.444 e. The minimum absolute atomic E-state index is 0.112. The van der Waals surface area contributed by atoms with Crippen molar-refractivity contribution < 1.29 is 23.9 Å². The summed E-state index contributed by atoms with van der Waals surface area (Å²) >= 11 is 0. The number of benzene rings is 1. The van der Waals surface area contributed by atoms with Crippen LogP contribution >= 0.6 is 0 Å². The molecule has 0 heterocycles. The van der Waals surface area contributed by atoms with E-state index in [1.165, 1.54) is 6.42 Å². The van der Waals surface area contributed by atoms with Crippen molar-refractivity contribution in [2.75, 3.05) is 31.9 Å². The predicted molar refractivity (Wildman–Crippen MR) is 150 cm³/mol. The number of unbranched alkanes of at least 4 members (excludes halogenated alkanes) is 1. The Morgan fingerprint density at radius 1 is 0.895 bits per heavy atom. The Hall–Kier alpha value is -2.97. The maximum absolute atomic E-state index is 13.1. The number of hydrogen-bond donors (Lipinski definition) is 2. The van der Waals surface area contributed by atoms with Crippen LogP contribution in [0.1, 0.15) is 96.8 Å². The van der Waals surface area contributed by atoms with E-state index in [0.717, 1.165) is 25.7 Å². The number of rotatable bonds is 10. The fraction of sp³-hybridized carbons (Fsp3) is 0.690. The molecule has 1 aliphatic rings. The molecule has 0 bridgehead atoms. The number of amides is 3. The van der Waals surface area contributed by atoms with Crippen LogP contribution in [0.3, 0.4) is 0 Å². The zero-order valence-corrected chi connectivity index (χ0v) is 24.2. The summed E-state index contributed by atoms with van der Waals surface area (Å²) in [6.45, 7) is 12.8. The molecule has 1 saturated carbocycles. The van der Waals surface area contributed by atoms with Gasteiger partial charge in [0, 0.05) is 43.5 Å². The number of nitrogen functional groups attached to an aromatic ring is 1. The Balaban J connectivity index is 1.98. The van der Waals surface area contributed by atoms with Crippen molar-refractivity contribution in [3.63, 3.8) is 0 Å². The van der Waals surface area contributed by atoms with E-state index in [2.05, 4.69) is 5.32 Å². The van der Waals surface area contributed by atoms with Gasteiger partial charge in [-0.3, -0.25) is 4.79 Å². The van der Waals surface area contributed by atoms with Crippen molar-refractivity contribution in [3.05, 3.63) is 29.8 Å². The Morgan fingerprint density at radius 3 is 2.13 bits per heavy atom. The van der Waals surface area contributed by atoms with E-state index >= 15 is 0 Å². The zero-order valence-electron chi connectivity index (χ0n) is 24.2. The molecular weight excluding hydrogens is 484 g/mol. The molecule has 0 unspecified atom stereocenters. The van der Waals surface area contributed by atoms with Crippen LogP contribution in [0.25, 0.3) is 0 Å². The van der Waals surface area contributed by atoms with Gasteiger partial charge >= 0.3 is 12.2 Å². The lowest BCUT2D eigenvalue weighted by Crippen LogP contribution is -2.49. The molecule has 0 aromatic heterocycles. The highest BCUT2D eigenvalue weighted by molar-refractivity contribution is 5.94. The predicted octanol–water partition coefficient (Wildman–Crippen LogP) is 5.59. The van der Waals surface area contributed by atoms with Crippen LogP contribution in [-0.4, -0.2) is 71.3 Å². The lowest BCUT2D eigenvalue weighted by molar-refractivity contribution is 0.00365. The van der Waals surface area contributed by atoms with Gasteiger partial charge in [0.15, 0.2) is 0 Å². The fourth-order valence-electron chi connectivity index (χ4n) is 4.40. The molecule has 2 rings (SSSR count). The first-order valence-electron chi connectivity index (χ1n) is 13.9. The normalized spacial score (nSPS) is 14.5. The maximum atomic E-state index is 13.1. The highest BCUT2D eigenvalue weighted by atomic mass is 16.6. The molecule has 1 fully saturated rings. The van der Waals surface area contributed by atoms with Gasteiger partial charge in [-0.15, -0.1) is 0 Å². The molecule has 38 heavy (non-hydrogen) atoms. The molecule has 3 N–H and O–H groups in total. The summed E-state index contributed by atoms with van der Waals surface area (Å²) in [5.41, 5.74) is 5.60. The van der Waals surface area contributed by atoms with Gasteiger partial charge in [-0.2, -0.15) is 0 Å². The molecule has 0 atom stereocenters. The van der Waals surface area contributed by atoms with Crippen LogP contribution in [0.2, 0.25) is 0 Å². The van der Waals surface area contributed by atoms with Crippen LogP contribution in [0.4, 0.5) is 15.3 Å². The fourth-order valence-corrected chi connectivity index (χ4v) is 4.40. The van der Waals surface area contributed by atoms with E-state index < -0.39 is 17.3 Å². The van der Waals surface area contributed by atoms with Gasteiger partial charge in [0.1, 0.15) is 11.2 Å². The zero-order chi connectivity index (χ0) is 28.3. The summed E-state index contributed by atoms with van der Waals surface area (Å²) < 4.78 is 11.4. The number of hydrogen-bond acceptors (Lipinski definition) is 6. The summed E-state index contributed by atoms with van der Waals surface area (Å²) in [5, 5.41) is 2.90. The van der Waals surface area contributed by atoms with Crippen molar-refractivity contribution in [2.24, 2.45) is 0 Å². The Labute approximate surface area is 228 Å². The second-order valence-corrected chi connectivity index (χ2v) is 12.0. The van der Waals surface area contributed by atoms with E-state index in [0.29, 0.717) is 50.3 Å². The van der Waals surface area contributed by atoms with Crippen LogP contribution in [-0.2, 0) is 9.47 Å². The summed E-state index contributed by atoms with van der Waals surface area (Å²) in [4.78, 5) is 41.9. The van der Waals surface area contributed by atoms with E-state index in [4.69, 9.17) is 15.2 Å². The van der Waals surface area contributed by atoms with Crippen molar-refractivity contribution in [1.29, 1.82) is 0 Å². The number of anilines is 1. The third-order valence-electron chi connectivity index (χ3n) is 6.20. The van der Waals surface area contributed by atoms with Gasteiger partial charge in [-0.05, 0) is 85.4 Å². The van der Waals surface area contributed by atoms with E-state index in [9.17, 15) is 14.4 Å². The number of nitrogens with one attached hydrogen (secondary N) is 1. The van der Waals surface area contributed by atoms with Crippen LogP contribution in [0.5, 0.6) is 0 Å². The van der Waals surface area contributed by atoms with Gasteiger partial charge in [-0.1, -0.05) is 25.3 Å². The third kappa shape index (κ3) is 11.6. The maximum Gasteiger partial charge on any atom is 0.410 e. The summed E-state index contributed by atoms with van der Waals surface area (Å²) in [7, 11) is 0. The van der Waals surface area contributed by atoms with Gasteiger partial charge in [0.2, 0.25) is 0 Å². The van der Waals surface area contributed by atoms with Crippen LogP contribution < -0.4 is 11.1 Å². The van der Waals surface area contributed by atoms with E-state index in [1.54, 1.807) is 34.1 Å². The van der Waals surface area contributed by atoms with Crippen LogP contribution in [0.15, 0.2) is 24.3 Å². The van der Waals surface area contributed by atoms with Crippen molar-refractivity contribution in [2.45, 2.75) is 104 Å². The SMILES string of the molecule is CC(C)(C)OC(=O)N(CCCCNC(=O)c1cccc(N)c1)CCN(C(=O)OC(C)(C)C)C1CCCCC1. The van der Waals surface area contributed by atoms with Crippen LogP contribution in [0, 0.1) is 0 Å². The molecule has 9 nitrogen and oxygen atoms in total. The second kappa shape index (κ2) is 14.3. The first-order chi connectivity index (χ1) is 17.7. The number of carbonyl (C=O) groups is 3. The minimum Gasteiger partial charge on any atom is -0.444 e. The minimum atomic E-state index is -0.630. The summed E-state index contributed by atoms with van der Waals surface area (Å²) in [6, 6.07) is 6.96. The first-order valence-corrected chi connectivity index (χ1v) is 13.9. The molecule has 3 amide bonds. The number of carbonyl (C=O) groups excluding carboxylic acids is 3. The van der Waals surface area contributed by atoms with E-state index in [-0.39, 0.29) is 18.0 Å². The standard InChI is InChI=1S/C29H48N4O5/c1-28(2,3)37-26(35)32(18-11-10-17-31-25(34)22-13-12-14-23(30)21-22)19-20-33(24-15-8-7-9-16-24)27(36)38-29(4,5)6/h12-14,21,24H,7-11,15-20,30H2,1-6H3,(H,31,34). The van der Waals surface area contributed by atoms with Crippen molar-refractivity contribution in [1.82, 2.24) is 15.1 Å². The van der Waals surface area contributed by atoms with Gasteiger partial charge in [0.25, 0.3) is 5.91 Å². The molecular formula is C29H48N4O5. The summed E-state index contributed by atoms with van der Waals surface area (Å²) in [5.74, 6) is -0.179. The highest BCUT2D eigenvalue weighted by Crippen LogP contribution is 2.24. The molecule has 1 aromatic rings. The highest BCUT2D eigenvalue weighted by Gasteiger charge is 2.31. The van der Waals surface area contributed by atoms with Gasteiger partial charge in [0.05, 0.1) is 0 Å². The Bertz CT molecular complexity index is 916. The number of nitrogens with two attached hydrogens (primary N) is 1. The Kier molecular flexibility index (Phi) is 11.7.